The molecule has 68 valence electrons. The maximum absolute atomic E-state index is 5.47. The van der Waals surface area contributed by atoms with E-state index in [1.807, 2.05) is 6.08 Å². The molecule has 2 aliphatic carbocycles. The Labute approximate surface area is 74.2 Å². The van der Waals surface area contributed by atoms with E-state index < -0.39 is 0 Å². The van der Waals surface area contributed by atoms with Gasteiger partial charge in [-0.25, -0.2) is 0 Å². The molecule has 2 fully saturated rings. The summed E-state index contributed by atoms with van der Waals surface area (Å²) < 4.78 is 0. The SMILES string of the molecule is C=CC(NN)C1CC2CCC1C2. The fraction of sp³-hybridized carbons (Fsp3) is 0.800. The molecule has 3 N–H and O–H groups in total. The van der Waals surface area contributed by atoms with Crippen molar-refractivity contribution < 1.29 is 0 Å². The van der Waals surface area contributed by atoms with Crippen LogP contribution >= 0.6 is 0 Å². The first kappa shape index (κ1) is 8.27. The average molecular weight is 166 g/mol. The first-order valence-electron chi connectivity index (χ1n) is 4.94. The van der Waals surface area contributed by atoms with Crippen molar-refractivity contribution in [2.24, 2.45) is 23.6 Å². The summed E-state index contributed by atoms with van der Waals surface area (Å²) in [7, 11) is 0. The molecule has 0 heterocycles. The molecule has 0 aromatic heterocycles. The van der Waals surface area contributed by atoms with Crippen molar-refractivity contribution in [2.75, 3.05) is 0 Å². The molecule has 0 radical (unpaired) electrons. The maximum Gasteiger partial charge on any atom is 0.0418 e. The predicted molar refractivity (Wildman–Crippen MR) is 50.2 cm³/mol. The first-order chi connectivity index (χ1) is 5.85. The highest BCUT2D eigenvalue weighted by atomic mass is 15.2. The molecule has 2 heteroatoms. The van der Waals surface area contributed by atoms with Crippen molar-refractivity contribution >= 4 is 0 Å². The number of nitrogens with two attached hydrogens (primary N) is 1. The third-order valence-electron chi connectivity index (χ3n) is 3.70. The van der Waals surface area contributed by atoms with Crippen LogP contribution in [-0.4, -0.2) is 6.04 Å². The van der Waals surface area contributed by atoms with E-state index >= 15 is 0 Å². The van der Waals surface area contributed by atoms with Gasteiger partial charge in [0.25, 0.3) is 0 Å². The molecule has 2 saturated carbocycles. The molecule has 0 spiro atoms. The Morgan fingerprint density at radius 3 is 2.67 bits per heavy atom. The van der Waals surface area contributed by atoms with Crippen molar-refractivity contribution in [2.45, 2.75) is 31.7 Å². The van der Waals surface area contributed by atoms with Gasteiger partial charge in [0, 0.05) is 6.04 Å². The molecule has 0 saturated heterocycles. The molecule has 0 aromatic carbocycles. The predicted octanol–water partition coefficient (Wildman–Crippen LogP) is 1.44. The van der Waals surface area contributed by atoms with Gasteiger partial charge in [-0.15, -0.1) is 6.58 Å². The molecule has 2 rings (SSSR count). The van der Waals surface area contributed by atoms with E-state index in [9.17, 15) is 0 Å². The molecule has 4 unspecified atom stereocenters. The lowest BCUT2D eigenvalue weighted by atomic mass is 9.83. The zero-order valence-electron chi connectivity index (χ0n) is 7.50. The quantitative estimate of drug-likeness (QED) is 0.378. The number of nitrogens with one attached hydrogen (secondary N) is 1. The standard InChI is InChI=1S/C10H18N2/c1-2-10(12-11)9-6-7-3-4-8(9)5-7/h2,7-10,12H,1,3-6,11H2. The molecule has 2 bridgehead atoms. The molecular weight excluding hydrogens is 148 g/mol. The minimum Gasteiger partial charge on any atom is -0.271 e. The number of fused-ring (bicyclic) bond motifs is 2. The van der Waals surface area contributed by atoms with Gasteiger partial charge in [0.1, 0.15) is 0 Å². The molecule has 0 aromatic rings. The molecular formula is C10H18N2. The summed E-state index contributed by atoms with van der Waals surface area (Å²) in [6, 6.07) is 0.347. The minimum atomic E-state index is 0.347. The summed E-state index contributed by atoms with van der Waals surface area (Å²) >= 11 is 0. The van der Waals surface area contributed by atoms with Crippen LogP contribution in [0.15, 0.2) is 12.7 Å². The van der Waals surface area contributed by atoms with Crippen LogP contribution in [0.1, 0.15) is 25.7 Å². The van der Waals surface area contributed by atoms with Crippen LogP contribution in [0.3, 0.4) is 0 Å². The summed E-state index contributed by atoms with van der Waals surface area (Å²) in [4.78, 5) is 0. The van der Waals surface area contributed by atoms with Crippen LogP contribution in [0.4, 0.5) is 0 Å². The molecule has 0 aliphatic heterocycles. The number of hydrazine groups is 1. The molecule has 12 heavy (non-hydrogen) atoms. The number of hydrogen-bond donors (Lipinski definition) is 2. The van der Waals surface area contributed by atoms with Crippen molar-refractivity contribution in [3.05, 3.63) is 12.7 Å². The highest BCUT2D eigenvalue weighted by Gasteiger charge is 2.41. The minimum absolute atomic E-state index is 0.347. The van der Waals surface area contributed by atoms with Gasteiger partial charge in [0.05, 0.1) is 0 Å². The van der Waals surface area contributed by atoms with E-state index in [1.54, 1.807) is 0 Å². The molecule has 2 aliphatic rings. The average Bonchev–Trinajstić information content (AvgIpc) is 2.67. The van der Waals surface area contributed by atoms with Gasteiger partial charge in [-0.2, -0.15) is 0 Å². The molecule has 0 amide bonds. The molecule has 4 atom stereocenters. The van der Waals surface area contributed by atoms with Crippen LogP contribution < -0.4 is 11.3 Å². The Hall–Kier alpha value is -0.340. The van der Waals surface area contributed by atoms with Crippen LogP contribution in [-0.2, 0) is 0 Å². The van der Waals surface area contributed by atoms with E-state index in [2.05, 4.69) is 12.0 Å². The number of hydrogen-bond acceptors (Lipinski definition) is 2. The summed E-state index contributed by atoms with van der Waals surface area (Å²) in [6.45, 7) is 3.82. The Morgan fingerprint density at radius 2 is 2.25 bits per heavy atom. The highest BCUT2D eigenvalue weighted by molar-refractivity contribution is 5.00. The van der Waals surface area contributed by atoms with Crippen LogP contribution in [0, 0.1) is 17.8 Å². The zero-order valence-corrected chi connectivity index (χ0v) is 7.50. The fourth-order valence-electron chi connectivity index (χ4n) is 3.10. The topological polar surface area (TPSA) is 38.0 Å². The fourth-order valence-corrected chi connectivity index (χ4v) is 3.10. The Balaban J connectivity index is 2.00. The summed E-state index contributed by atoms with van der Waals surface area (Å²) in [5.41, 5.74) is 2.86. The third kappa shape index (κ3) is 1.19. The van der Waals surface area contributed by atoms with Crippen molar-refractivity contribution in [3.63, 3.8) is 0 Å². The second kappa shape index (κ2) is 3.19. The van der Waals surface area contributed by atoms with Gasteiger partial charge in [-0.1, -0.05) is 12.5 Å². The smallest absolute Gasteiger partial charge is 0.0418 e. The lowest BCUT2D eigenvalue weighted by Crippen LogP contribution is -2.41. The van der Waals surface area contributed by atoms with E-state index in [0.29, 0.717) is 6.04 Å². The van der Waals surface area contributed by atoms with Crippen molar-refractivity contribution in [1.82, 2.24) is 5.43 Å². The van der Waals surface area contributed by atoms with Gasteiger partial charge >= 0.3 is 0 Å². The summed E-state index contributed by atoms with van der Waals surface area (Å²) in [5, 5.41) is 0. The van der Waals surface area contributed by atoms with Gasteiger partial charge in [0.2, 0.25) is 0 Å². The van der Waals surface area contributed by atoms with Crippen molar-refractivity contribution in [1.29, 1.82) is 0 Å². The Bertz CT molecular complexity index is 179. The normalized spacial score (nSPS) is 41.6. The molecule has 2 nitrogen and oxygen atoms in total. The van der Waals surface area contributed by atoms with Crippen LogP contribution in [0.25, 0.3) is 0 Å². The van der Waals surface area contributed by atoms with E-state index in [0.717, 1.165) is 17.8 Å². The van der Waals surface area contributed by atoms with Gasteiger partial charge in [-0.3, -0.25) is 11.3 Å². The second-order valence-electron chi connectivity index (χ2n) is 4.27. The van der Waals surface area contributed by atoms with E-state index in [4.69, 9.17) is 5.84 Å². The highest BCUT2D eigenvalue weighted by Crippen LogP contribution is 2.49. The second-order valence-corrected chi connectivity index (χ2v) is 4.27. The lowest BCUT2D eigenvalue weighted by Gasteiger charge is -2.27. The van der Waals surface area contributed by atoms with E-state index in [1.165, 1.54) is 25.7 Å². The van der Waals surface area contributed by atoms with Gasteiger partial charge in [-0.05, 0) is 37.0 Å². The monoisotopic (exact) mass is 166 g/mol. The Morgan fingerprint density at radius 1 is 1.42 bits per heavy atom. The Kier molecular flexibility index (Phi) is 2.20. The largest absolute Gasteiger partial charge is 0.271 e. The summed E-state index contributed by atoms with van der Waals surface area (Å²) in [6.07, 6.45) is 7.64. The van der Waals surface area contributed by atoms with Crippen molar-refractivity contribution in [3.8, 4) is 0 Å². The maximum atomic E-state index is 5.47. The zero-order chi connectivity index (χ0) is 8.55. The van der Waals surface area contributed by atoms with Crippen LogP contribution in [0.5, 0.6) is 0 Å². The lowest BCUT2D eigenvalue weighted by molar-refractivity contribution is 0.280. The van der Waals surface area contributed by atoms with E-state index in [-0.39, 0.29) is 0 Å². The summed E-state index contributed by atoms with van der Waals surface area (Å²) in [5.74, 6) is 8.16. The van der Waals surface area contributed by atoms with Gasteiger partial charge in [0.15, 0.2) is 0 Å². The van der Waals surface area contributed by atoms with Gasteiger partial charge < -0.3 is 0 Å². The first-order valence-corrected chi connectivity index (χ1v) is 4.94. The third-order valence-corrected chi connectivity index (χ3v) is 3.70. The van der Waals surface area contributed by atoms with Crippen LogP contribution in [0.2, 0.25) is 0 Å². The number of rotatable bonds is 3.